The van der Waals surface area contributed by atoms with Gasteiger partial charge in [-0.15, -0.1) is 0 Å². The van der Waals surface area contributed by atoms with Gasteiger partial charge in [-0.1, -0.05) is 6.08 Å². The highest BCUT2D eigenvalue weighted by atomic mass is 17.2. The van der Waals surface area contributed by atoms with Gasteiger partial charge in [-0.05, 0) is 25.0 Å². The van der Waals surface area contributed by atoms with Gasteiger partial charge in [0.25, 0.3) is 0 Å². The third-order valence-corrected chi connectivity index (χ3v) is 2.98. The molecule has 22 heavy (non-hydrogen) atoms. The molecule has 0 unspecified atom stereocenters. The summed E-state index contributed by atoms with van der Waals surface area (Å²) < 4.78 is 10.6. The molecule has 1 aromatic heterocycles. The minimum Gasteiger partial charge on any atom is -0.413 e. The van der Waals surface area contributed by atoms with Crippen LogP contribution >= 0.6 is 0 Å². The molecule has 0 radical (unpaired) electrons. The van der Waals surface area contributed by atoms with Gasteiger partial charge in [-0.3, -0.25) is 9.59 Å². The molecule has 0 aromatic carbocycles. The average Bonchev–Trinajstić information content (AvgIpc) is 2.82. The van der Waals surface area contributed by atoms with Gasteiger partial charge < -0.3 is 14.5 Å². The van der Waals surface area contributed by atoms with Crippen LogP contribution in [0.15, 0.2) is 18.2 Å². The molecular formula is C15H19NO6. The van der Waals surface area contributed by atoms with Gasteiger partial charge in [0.1, 0.15) is 12.3 Å². The van der Waals surface area contributed by atoms with Crippen LogP contribution in [0.25, 0.3) is 0 Å². The molecule has 0 atom stereocenters. The summed E-state index contributed by atoms with van der Waals surface area (Å²) in [6.07, 6.45) is 3.97. The fourth-order valence-electron chi connectivity index (χ4n) is 2.34. The molecule has 2 rings (SSSR count). The zero-order valence-corrected chi connectivity index (χ0v) is 12.8. The van der Waals surface area contributed by atoms with Crippen LogP contribution < -0.4 is 0 Å². The van der Waals surface area contributed by atoms with E-state index in [1.807, 2.05) is 13.0 Å². The largest absolute Gasteiger partial charge is 0.413 e. The average molecular weight is 309 g/mol. The predicted molar refractivity (Wildman–Crippen MR) is 75.3 cm³/mol. The van der Waals surface area contributed by atoms with Crippen molar-refractivity contribution in [2.24, 2.45) is 0 Å². The predicted octanol–water partition coefficient (Wildman–Crippen LogP) is 1.87. The molecule has 0 aliphatic heterocycles. The van der Waals surface area contributed by atoms with E-state index in [0.29, 0.717) is 18.7 Å². The summed E-state index contributed by atoms with van der Waals surface area (Å²) in [6, 6.07) is 1.86. The third-order valence-electron chi connectivity index (χ3n) is 2.98. The van der Waals surface area contributed by atoms with Crippen molar-refractivity contribution in [1.29, 1.82) is 0 Å². The van der Waals surface area contributed by atoms with E-state index in [9.17, 15) is 9.59 Å². The number of esters is 2. The number of aromatic nitrogens is 1. The van der Waals surface area contributed by atoms with Crippen molar-refractivity contribution in [2.75, 3.05) is 6.61 Å². The SMILES string of the molecule is CCOOCc1cc2c([nH]1)C(OC(C)=O)(OC(C)=O)C=CC2. The number of hydrogen-bond donors (Lipinski definition) is 1. The first-order valence-electron chi connectivity index (χ1n) is 6.99. The first-order valence-corrected chi connectivity index (χ1v) is 6.99. The summed E-state index contributed by atoms with van der Waals surface area (Å²) in [5, 5.41) is 0. The first-order chi connectivity index (χ1) is 10.5. The monoisotopic (exact) mass is 309 g/mol. The lowest BCUT2D eigenvalue weighted by molar-refractivity contribution is -0.301. The number of rotatable bonds is 6. The summed E-state index contributed by atoms with van der Waals surface area (Å²) >= 11 is 0. The summed E-state index contributed by atoms with van der Waals surface area (Å²) in [5.41, 5.74) is 2.10. The van der Waals surface area contributed by atoms with Crippen molar-refractivity contribution in [2.45, 2.75) is 39.6 Å². The Morgan fingerprint density at radius 1 is 1.23 bits per heavy atom. The third kappa shape index (κ3) is 3.55. The molecule has 7 nitrogen and oxygen atoms in total. The Morgan fingerprint density at radius 2 is 1.91 bits per heavy atom. The molecule has 0 saturated carbocycles. The Labute approximate surface area is 128 Å². The molecular weight excluding hydrogens is 290 g/mol. The summed E-state index contributed by atoms with van der Waals surface area (Å²) in [6.45, 7) is 4.98. The van der Waals surface area contributed by atoms with Crippen molar-refractivity contribution in [3.05, 3.63) is 35.2 Å². The van der Waals surface area contributed by atoms with Crippen LogP contribution in [0.1, 0.15) is 37.7 Å². The summed E-state index contributed by atoms with van der Waals surface area (Å²) in [7, 11) is 0. The standard InChI is InChI=1S/C15H19NO6/c1-4-19-20-9-13-8-12-6-5-7-15(14(12)16-13,21-10(2)17)22-11(3)18/h5,7-8,16H,4,6,9H2,1-3H3. The lowest BCUT2D eigenvalue weighted by Gasteiger charge is -2.31. The van der Waals surface area contributed by atoms with Crippen LogP contribution in [0.2, 0.25) is 0 Å². The van der Waals surface area contributed by atoms with Crippen molar-refractivity contribution in [1.82, 2.24) is 4.98 Å². The van der Waals surface area contributed by atoms with E-state index in [1.54, 1.807) is 12.2 Å². The smallest absolute Gasteiger partial charge is 0.318 e. The van der Waals surface area contributed by atoms with Gasteiger partial charge in [0.2, 0.25) is 0 Å². The van der Waals surface area contributed by atoms with E-state index < -0.39 is 17.7 Å². The molecule has 1 heterocycles. The van der Waals surface area contributed by atoms with Crippen LogP contribution in [-0.4, -0.2) is 23.5 Å². The number of aromatic amines is 1. The number of hydrogen-bond acceptors (Lipinski definition) is 6. The van der Waals surface area contributed by atoms with Gasteiger partial charge in [-0.25, -0.2) is 9.78 Å². The van der Waals surface area contributed by atoms with E-state index in [1.165, 1.54) is 13.8 Å². The lowest BCUT2D eigenvalue weighted by Crippen LogP contribution is -2.37. The highest BCUT2D eigenvalue weighted by Crippen LogP contribution is 2.36. The first kappa shape index (κ1) is 16.3. The molecule has 7 heteroatoms. The van der Waals surface area contributed by atoms with Gasteiger partial charge >= 0.3 is 17.7 Å². The molecule has 0 saturated heterocycles. The van der Waals surface area contributed by atoms with E-state index in [0.717, 1.165) is 11.3 Å². The summed E-state index contributed by atoms with van der Waals surface area (Å²) in [4.78, 5) is 35.8. The fourth-order valence-corrected chi connectivity index (χ4v) is 2.34. The Kier molecular flexibility index (Phi) is 4.99. The molecule has 0 bridgehead atoms. The molecule has 120 valence electrons. The minimum absolute atomic E-state index is 0.205. The maximum atomic E-state index is 11.4. The van der Waals surface area contributed by atoms with E-state index in [2.05, 4.69) is 4.98 Å². The van der Waals surface area contributed by atoms with Gasteiger partial charge in [-0.2, -0.15) is 0 Å². The second kappa shape index (κ2) is 6.76. The molecule has 0 spiro atoms. The fraction of sp³-hybridized carbons (Fsp3) is 0.467. The Morgan fingerprint density at radius 3 is 2.50 bits per heavy atom. The number of carbonyl (C=O) groups is 2. The van der Waals surface area contributed by atoms with E-state index in [4.69, 9.17) is 19.2 Å². The Hall–Kier alpha value is -2.12. The van der Waals surface area contributed by atoms with Crippen LogP contribution in [0.5, 0.6) is 0 Å². The Balaban J connectivity index is 2.32. The molecule has 1 aliphatic carbocycles. The zero-order valence-electron chi connectivity index (χ0n) is 12.8. The van der Waals surface area contributed by atoms with Crippen molar-refractivity contribution < 1.29 is 28.8 Å². The number of allylic oxidation sites excluding steroid dienone is 1. The maximum absolute atomic E-state index is 11.4. The second-order valence-corrected chi connectivity index (χ2v) is 4.82. The molecule has 1 N–H and O–H groups in total. The maximum Gasteiger partial charge on any atom is 0.318 e. The number of carbonyl (C=O) groups excluding carboxylic acids is 2. The number of ether oxygens (including phenoxy) is 2. The topological polar surface area (TPSA) is 86.8 Å². The number of fused-ring (bicyclic) bond motifs is 1. The van der Waals surface area contributed by atoms with E-state index >= 15 is 0 Å². The number of H-pyrrole nitrogens is 1. The van der Waals surface area contributed by atoms with Crippen LogP contribution in [0, 0.1) is 0 Å². The van der Waals surface area contributed by atoms with Gasteiger partial charge in [0, 0.05) is 25.6 Å². The quantitative estimate of drug-likeness (QED) is 0.216. The van der Waals surface area contributed by atoms with Crippen molar-refractivity contribution in [3.8, 4) is 0 Å². The van der Waals surface area contributed by atoms with Crippen LogP contribution in [0.4, 0.5) is 0 Å². The van der Waals surface area contributed by atoms with Crippen LogP contribution in [-0.2, 0) is 47.7 Å². The zero-order chi connectivity index (χ0) is 16.2. The van der Waals surface area contributed by atoms with E-state index in [-0.39, 0.29) is 6.61 Å². The summed E-state index contributed by atoms with van der Waals surface area (Å²) in [5.74, 6) is -2.67. The van der Waals surface area contributed by atoms with Gasteiger partial charge in [0.15, 0.2) is 0 Å². The highest BCUT2D eigenvalue weighted by molar-refractivity contribution is 5.70. The van der Waals surface area contributed by atoms with Crippen LogP contribution in [0.3, 0.4) is 0 Å². The highest BCUT2D eigenvalue weighted by Gasteiger charge is 2.42. The Bertz CT molecular complexity index is 573. The molecule has 0 amide bonds. The van der Waals surface area contributed by atoms with Crippen molar-refractivity contribution >= 4 is 11.9 Å². The second-order valence-electron chi connectivity index (χ2n) is 4.82. The number of nitrogens with one attached hydrogen (secondary N) is 1. The molecule has 0 fully saturated rings. The lowest BCUT2D eigenvalue weighted by atomic mass is 9.99. The minimum atomic E-state index is -1.56. The normalized spacial score (nSPS) is 15.2. The molecule has 1 aromatic rings. The molecule has 1 aliphatic rings. The van der Waals surface area contributed by atoms with Crippen molar-refractivity contribution in [3.63, 3.8) is 0 Å². The van der Waals surface area contributed by atoms with Gasteiger partial charge in [0.05, 0.1) is 6.61 Å².